The highest BCUT2D eigenvalue weighted by Gasteiger charge is 2.42. The van der Waals surface area contributed by atoms with E-state index in [1.165, 1.54) is 14.2 Å². The van der Waals surface area contributed by atoms with Crippen LogP contribution in [0.4, 0.5) is 9.59 Å². The fraction of sp³-hybridized carbons (Fsp3) is 0.435. The summed E-state index contributed by atoms with van der Waals surface area (Å²) in [5.74, 6) is 0.947. The van der Waals surface area contributed by atoms with Gasteiger partial charge in [0.05, 0.1) is 49.2 Å². The van der Waals surface area contributed by atoms with Crippen molar-refractivity contribution in [2.24, 2.45) is 11.8 Å². The zero-order valence-electron chi connectivity index (χ0n) is 35.6. The van der Waals surface area contributed by atoms with Crippen molar-refractivity contribution >= 4 is 35.0 Å². The molecule has 4 amide bonds. The van der Waals surface area contributed by atoms with Crippen LogP contribution in [0.2, 0.25) is 0 Å². The predicted octanol–water partition coefficient (Wildman–Crippen LogP) is 8.15. The maximum atomic E-state index is 13.8. The van der Waals surface area contributed by atoms with Gasteiger partial charge in [0.2, 0.25) is 11.8 Å². The van der Waals surface area contributed by atoms with Gasteiger partial charge in [-0.1, -0.05) is 82.3 Å². The Morgan fingerprint density at radius 2 is 1.08 bits per heavy atom. The molecular formula is C46H56N8O6. The molecule has 2 aliphatic rings. The number of amides is 4. The Hall–Kier alpha value is -6.18. The van der Waals surface area contributed by atoms with Crippen LogP contribution in [0.3, 0.4) is 0 Å². The molecule has 60 heavy (non-hydrogen) atoms. The molecule has 2 aliphatic heterocycles. The lowest BCUT2D eigenvalue weighted by Gasteiger charge is -2.32. The Morgan fingerprint density at radius 1 is 0.633 bits per heavy atom. The van der Waals surface area contributed by atoms with E-state index in [1.807, 2.05) is 63.6 Å². The summed E-state index contributed by atoms with van der Waals surface area (Å²) >= 11 is 0. The van der Waals surface area contributed by atoms with Crippen LogP contribution in [0.1, 0.15) is 91.0 Å². The molecule has 6 atom stereocenters. The van der Waals surface area contributed by atoms with Gasteiger partial charge < -0.3 is 39.9 Å². The smallest absolute Gasteiger partial charge is 0.407 e. The number of methoxy groups -OCH3 is 2. The molecule has 2 unspecified atom stereocenters. The van der Waals surface area contributed by atoms with Gasteiger partial charge in [-0.2, -0.15) is 0 Å². The zero-order valence-corrected chi connectivity index (χ0v) is 35.6. The van der Waals surface area contributed by atoms with Crippen molar-refractivity contribution in [3.63, 3.8) is 0 Å². The van der Waals surface area contributed by atoms with Gasteiger partial charge in [0.1, 0.15) is 23.7 Å². The molecule has 0 aliphatic carbocycles. The van der Waals surface area contributed by atoms with Crippen molar-refractivity contribution in [2.45, 2.75) is 103 Å². The Morgan fingerprint density at radius 3 is 1.57 bits per heavy atom. The lowest BCUT2D eigenvalue weighted by molar-refractivity contribution is -0.138. The Labute approximate surface area is 350 Å². The number of hydrogen-bond donors (Lipinski definition) is 4. The van der Waals surface area contributed by atoms with Crippen LogP contribution in [-0.2, 0) is 19.1 Å². The van der Waals surface area contributed by atoms with Crippen molar-refractivity contribution < 1.29 is 28.7 Å². The molecule has 0 bridgehead atoms. The number of alkyl carbamates (subject to hydrolysis) is 2. The van der Waals surface area contributed by atoms with Crippen LogP contribution in [0, 0.1) is 11.8 Å². The van der Waals surface area contributed by atoms with Gasteiger partial charge in [-0.15, -0.1) is 0 Å². The second-order valence-corrected chi connectivity index (χ2v) is 16.8. The highest BCUT2D eigenvalue weighted by atomic mass is 16.5. The zero-order chi connectivity index (χ0) is 42.8. The number of nitrogens with zero attached hydrogens (tertiary/aromatic N) is 4. The van der Waals surface area contributed by atoms with Crippen LogP contribution >= 0.6 is 0 Å². The Balaban J connectivity index is 1.03. The summed E-state index contributed by atoms with van der Waals surface area (Å²) in [6.45, 7) is 11.7. The number of imidazole rings is 2. The number of ether oxygens (including phenoxy) is 2. The van der Waals surface area contributed by atoms with Gasteiger partial charge in [0, 0.05) is 12.1 Å². The van der Waals surface area contributed by atoms with Crippen molar-refractivity contribution in [3.8, 4) is 33.5 Å². The Kier molecular flexibility index (Phi) is 12.3. The monoisotopic (exact) mass is 816 g/mol. The number of aromatic amines is 2. The van der Waals surface area contributed by atoms with E-state index >= 15 is 0 Å². The van der Waals surface area contributed by atoms with Gasteiger partial charge in [-0.05, 0) is 91.3 Å². The average Bonchev–Trinajstić information content (AvgIpc) is 4.06. The first-order valence-electron chi connectivity index (χ1n) is 20.9. The second-order valence-electron chi connectivity index (χ2n) is 16.8. The largest absolute Gasteiger partial charge is 0.453 e. The molecule has 7 rings (SSSR count). The molecule has 2 aromatic heterocycles. The van der Waals surface area contributed by atoms with E-state index in [0.717, 1.165) is 81.9 Å². The number of H-pyrrole nitrogens is 2. The molecule has 316 valence electrons. The minimum absolute atomic E-state index is 0.00138. The Bertz CT molecular complexity index is 2330. The summed E-state index contributed by atoms with van der Waals surface area (Å²) in [6, 6.07) is 21.1. The second kappa shape index (κ2) is 17.6. The molecule has 4 N–H and O–H groups in total. The molecule has 4 heterocycles. The van der Waals surface area contributed by atoms with Crippen LogP contribution < -0.4 is 10.6 Å². The lowest BCUT2D eigenvalue weighted by atomic mass is 9.99. The molecular weight excluding hydrogens is 761 g/mol. The molecule has 2 saturated heterocycles. The highest BCUT2D eigenvalue weighted by Crippen LogP contribution is 2.39. The van der Waals surface area contributed by atoms with Crippen molar-refractivity contribution in [1.29, 1.82) is 0 Å². The lowest BCUT2D eigenvalue weighted by Crippen LogP contribution is -2.52. The van der Waals surface area contributed by atoms with E-state index in [4.69, 9.17) is 19.4 Å². The van der Waals surface area contributed by atoms with E-state index in [1.54, 1.807) is 0 Å². The maximum absolute atomic E-state index is 13.8. The third kappa shape index (κ3) is 8.45. The molecule has 0 radical (unpaired) electrons. The number of rotatable bonds is 11. The SMILES string of the molecule is COC(=O)NC(C(=O)N1C(C)CC[C@H]1c1nc2cc(-c3ccc(-c4ccc(-c5cnc([C@@H]6CC[C@H](C)N6C(=O)[C@@H](NC(=O)OC)C(C)C)[nH]5)cc4)cc3)ccc2[nH]1)C(C)C. The van der Waals surface area contributed by atoms with Crippen molar-refractivity contribution in [1.82, 2.24) is 40.4 Å². The number of carbonyl (C=O) groups is 4. The molecule has 14 nitrogen and oxygen atoms in total. The van der Waals surface area contributed by atoms with E-state index < -0.39 is 24.3 Å². The number of carbonyl (C=O) groups excluding carboxylic acids is 4. The summed E-state index contributed by atoms with van der Waals surface area (Å²) < 4.78 is 9.59. The number of nitrogens with one attached hydrogen (secondary N) is 4. The first-order chi connectivity index (χ1) is 28.8. The summed E-state index contributed by atoms with van der Waals surface area (Å²) in [5.41, 5.74) is 7.80. The van der Waals surface area contributed by atoms with E-state index in [9.17, 15) is 19.2 Å². The topological polar surface area (TPSA) is 175 Å². The fourth-order valence-electron chi connectivity index (χ4n) is 8.68. The predicted molar refractivity (Wildman–Crippen MR) is 229 cm³/mol. The van der Waals surface area contributed by atoms with E-state index in [-0.39, 0.29) is 47.8 Å². The quantitative estimate of drug-likeness (QED) is 0.103. The van der Waals surface area contributed by atoms with Gasteiger partial charge in [-0.3, -0.25) is 9.59 Å². The fourth-order valence-corrected chi connectivity index (χ4v) is 8.68. The molecule has 0 saturated carbocycles. The molecule has 14 heteroatoms. The third-order valence-electron chi connectivity index (χ3n) is 12.1. The summed E-state index contributed by atoms with van der Waals surface area (Å²) in [5, 5.41) is 5.45. The molecule has 0 spiro atoms. The summed E-state index contributed by atoms with van der Waals surface area (Å²) in [4.78, 5) is 72.1. The van der Waals surface area contributed by atoms with Crippen LogP contribution in [0.25, 0.3) is 44.5 Å². The van der Waals surface area contributed by atoms with Crippen molar-refractivity contribution in [3.05, 3.63) is 84.6 Å². The van der Waals surface area contributed by atoms with Gasteiger partial charge in [0.25, 0.3) is 0 Å². The summed E-state index contributed by atoms with van der Waals surface area (Å²) in [6.07, 6.45) is 3.77. The maximum Gasteiger partial charge on any atom is 0.407 e. The van der Waals surface area contributed by atoms with E-state index in [2.05, 4.69) is 81.3 Å². The first-order valence-corrected chi connectivity index (χ1v) is 20.9. The molecule has 2 fully saturated rings. The number of fused-ring (bicyclic) bond motifs is 1. The van der Waals surface area contributed by atoms with Gasteiger partial charge >= 0.3 is 12.2 Å². The highest BCUT2D eigenvalue weighted by molar-refractivity contribution is 5.88. The standard InChI is InChI=1S/C46H56N8O6/c1-25(2)39(51-45(57)59-7)43(55)53-27(5)9-21-37(53)41-47-24-36(50-41)32-17-15-30(16-18-32)29-11-13-31(14-12-29)33-19-20-34-35(23-33)49-42(48-34)38-22-10-28(6)54(38)44(56)40(26(3)4)52-46(58)60-8/h11-20,23-28,37-40H,9-10,21-22H2,1-8H3,(H,47,50)(H,48,49)(H,51,57)(H,52,58)/t27-,28?,37-,38-,39-,40?/m0/s1. The number of likely N-dealkylation sites (tertiary alicyclic amines) is 2. The van der Waals surface area contributed by atoms with Crippen LogP contribution in [-0.4, -0.2) is 92.1 Å². The third-order valence-corrected chi connectivity index (χ3v) is 12.1. The van der Waals surface area contributed by atoms with E-state index in [0.29, 0.717) is 0 Å². The van der Waals surface area contributed by atoms with Gasteiger partial charge in [-0.25, -0.2) is 19.6 Å². The molecule has 3 aromatic carbocycles. The van der Waals surface area contributed by atoms with Crippen LogP contribution in [0.5, 0.6) is 0 Å². The first kappa shape index (κ1) is 42.0. The van der Waals surface area contributed by atoms with Crippen LogP contribution in [0.15, 0.2) is 72.9 Å². The summed E-state index contributed by atoms with van der Waals surface area (Å²) in [7, 11) is 2.59. The normalized spacial score (nSPS) is 20.1. The number of hydrogen-bond acceptors (Lipinski definition) is 8. The minimum atomic E-state index is -0.706. The number of benzene rings is 3. The number of aromatic nitrogens is 4. The van der Waals surface area contributed by atoms with Crippen molar-refractivity contribution in [2.75, 3.05) is 14.2 Å². The van der Waals surface area contributed by atoms with Gasteiger partial charge in [0.15, 0.2) is 0 Å². The molecule has 5 aromatic rings. The average molecular weight is 817 g/mol. The minimum Gasteiger partial charge on any atom is -0.453 e.